The van der Waals surface area contributed by atoms with Gasteiger partial charge in [0.15, 0.2) is 0 Å². The molecule has 0 saturated heterocycles. The monoisotopic (exact) mass is 445 g/mol. The zero-order chi connectivity index (χ0) is 22.5. The van der Waals surface area contributed by atoms with Crippen molar-refractivity contribution in [3.05, 3.63) is 89.7 Å². The fourth-order valence-electron chi connectivity index (χ4n) is 3.84. The summed E-state index contributed by atoms with van der Waals surface area (Å²) >= 11 is 0. The van der Waals surface area contributed by atoms with Gasteiger partial charge in [0.2, 0.25) is 5.78 Å². The van der Waals surface area contributed by atoms with Crippen LogP contribution < -0.4 is 4.74 Å². The van der Waals surface area contributed by atoms with Crippen LogP contribution in [0.1, 0.15) is 21.7 Å². The maximum absolute atomic E-state index is 13.6. The molecular weight excluding hydrogens is 426 g/mol. The van der Waals surface area contributed by atoms with Crippen LogP contribution in [0.4, 0.5) is 0 Å². The Hall–Kier alpha value is -3.91. The maximum Gasteiger partial charge on any atom is 0.268 e. The molecule has 5 rings (SSSR count). The van der Waals surface area contributed by atoms with E-state index in [1.54, 1.807) is 60.7 Å². The van der Waals surface area contributed by atoms with Gasteiger partial charge in [0.05, 0.1) is 23.0 Å². The quantitative estimate of drug-likeness (QED) is 0.407. The topological polar surface area (TPSA) is 94.0 Å². The Balaban J connectivity index is 1.77. The summed E-state index contributed by atoms with van der Waals surface area (Å²) in [6.07, 6.45) is 0. The Morgan fingerprint density at radius 3 is 2.53 bits per heavy atom. The molecule has 0 saturated carbocycles. The zero-order valence-electron chi connectivity index (χ0n) is 17.4. The van der Waals surface area contributed by atoms with E-state index < -0.39 is 15.8 Å². The van der Waals surface area contributed by atoms with Gasteiger partial charge in [-0.1, -0.05) is 18.2 Å². The molecule has 0 fully saturated rings. The summed E-state index contributed by atoms with van der Waals surface area (Å²) in [4.78, 5) is 13.7. The minimum Gasteiger partial charge on any atom is -0.497 e. The van der Waals surface area contributed by atoms with Gasteiger partial charge < -0.3 is 4.74 Å². The average Bonchev–Trinajstić information content (AvgIpc) is 3.39. The lowest BCUT2D eigenvalue weighted by Gasteiger charge is -2.12. The molecule has 0 spiro atoms. The van der Waals surface area contributed by atoms with E-state index in [1.807, 2.05) is 6.92 Å². The Labute approximate surface area is 184 Å². The van der Waals surface area contributed by atoms with Crippen molar-refractivity contribution < 1.29 is 17.9 Å². The van der Waals surface area contributed by atoms with E-state index >= 15 is 0 Å². The molecule has 160 valence electrons. The average molecular weight is 446 g/mol. The minimum absolute atomic E-state index is 0.0533. The lowest BCUT2D eigenvalue weighted by Crippen LogP contribution is -2.19. The van der Waals surface area contributed by atoms with E-state index in [-0.39, 0.29) is 10.6 Å². The van der Waals surface area contributed by atoms with Gasteiger partial charge in [0.25, 0.3) is 10.0 Å². The van der Waals surface area contributed by atoms with Crippen molar-refractivity contribution in [2.45, 2.75) is 11.8 Å². The summed E-state index contributed by atoms with van der Waals surface area (Å²) in [6.45, 7) is 1.87. The fraction of sp³-hybridized carbons (Fsp3) is 0.0833. The number of hydrogen-bond acceptors (Lipinski definition) is 5. The number of aromatic amines is 1. The Kier molecular flexibility index (Phi) is 4.60. The summed E-state index contributed by atoms with van der Waals surface area (Å²) < 4.78 is 33.6. The zero-order valence-corrected chi connectivity index (χ0v) is 18.2. The smallest absolute Gasteiger partial charge is 0.268 e. The number of aryl methyl sites for hydroxylation is 1. The van der Waals surface area contributed by atoms with E-state index in [9.17, 15) is 13.2 Å². The predicted molar refractivity (Wildman–Crippen MR) is 122 cm³/mol. The van der Waals surface area contributed by atoms with Crippen molar-refractivity contribution in [3.8, 4) is 5.75 Å². The van der Waals surface area contributed by atoms with Crippen molar-refractivity contribution in [2.75, 3.05) is 7.11 Å². The lowest BCUT2D eigenvalue weighted by atomic mass is 10.1. The van der Waals surface area contributed by atoms with E-state index in [4.69, 9.17) is 4.74 Å². The molecule has 2 aromatic heterocycles. The highest BCUT2D eigenvalue weighted by atomic mass is 32.2. The Morgan fingerprint density at radius 2 is 1.78 bits per heavy atom. The Bertz CT molecular complexity index is 1600. The summed E-state index contributed by atoms with van der Waals surface area (Å²) in [5, 5.41) is 8.49. The van der Waals surface area contributed by atoms with Crippen LogP contribution in [0.25, 0.3) is 21.8 Å². The Morgan fingerprint density at radius 1 is 1.00 bits per heavy atom. The molecule has 0 radical (unpaired) electrons. The van der Waals surface area contributed by atoms with Gasteiger partial charge in [0, 0.05) is 22.0 Å². The van der Waals surface area contributed by atoms with Crippen LogP contribution in [-0.2, 0) is 10.0 Å². The van der Waals surface area contributed by atoms with Crippen LogP contribution >= 0.6 is 0 Å². The molecule has 1 N–H and O–H groups in total. The number of fused-ring (bicyclic) bond motifs is 2. The third-order valence-corrected chi connectivity index (χ3v) is 7.23. The van der Waals surface area contributed by atoms with Crippen molar-refractivity contribution in [1.82, 2.24) is 14.2 Å². The van der Waals surface area contributed by atoms with E-state index in [2.05, 4.69) is 10.2 Å². The summed E-state index contributed by atoms with van der Waals surface area (Å²) in [7, 11) is -2.49. The first-order valence-corrected chi connectivity index (χ1v) is 11.3. The van der Waals surface area contributed by atoms with Gasteiger partial charge in [-0.25, -0.2) is 12.4 Å². The minimum atomic E-state index is -4.03. The first kappa shape index (κ1) is 20.0. The van der Waals surface area contributed by atoms with Crippen molar-refractivity contribution >= 4 is 37.6 Å². The van der Waals surface area contributed by atoms with E-state index in [1.165, 1.54) is 19.2 Å². The van der Waals surface area contributed by atoms with Gasteiger partial charge in [-0.2, -0.15) is 5.10 Å². The molecule has 0 aliphatic rings. The van der Waals surface area contributed by atoms with Crippen LogP contribution in [0.3, 0.4) is 0 Å². The largest absolute Gasteiger partial charge is 0.497 e. The summed E-state index contributed by atoms with van der Waals surface area (Å²) in [5.74, 6) is 0.170. The molecule has 8 heteroatoms. The van der Waals surface area contributed by atoms with Crippen LogP contribution in [-0.4, -0.2) is 35.5 Å². The second kappa shape index (κ2) is 7.35. The fourth-order valence-corrected chi connectivity index (χ4v) is 5.37. The molecule has 0 amide bonds. The predicted octanol–water partition coefficient (Wildman–Crippen LogP) is 4.30. The van der Waals surface area contributed by atoms with Crippen LogP contribution in [0.15, 0.2) is 77.7 Å². The third kappa shape index (κ3) is 3.07. The summed E-state index contributed by atoms with van der Waals surface area (Å²) in [6, 6.07) is 19.8. The van der Waals surface area contributed by atoms with Gasteiger partial charge in [-0.15, -0.1) is 0 Å². The highest BCUT2D eigenvalue weighted by molar-refractivity contribution is 7.90. The number of benzene rings is 3. The molecule has 32 heavy (non-hydrogen) atoms. The number of H-pyrrole nitrogens is 1. The van der Waals surface area contributed by atoms with E-state index in [0.717, 1.165) is 20.6 Å². The van der Waals surface area contributed by atoms with Crippen molar-refractivity contribution in [1.29, 1.82) is 0 Å². The van der Waals surface area contributed by atoms with Gasteiger partial charge in [-0.3, -0.25) is 9.89 Å². The molecule has 0 aliphatic carbocycles. The molecule has 7 nitrogen and oxygen atoms in total. The third-order valence-electron chi connectivity index (χ3n) is 5.49. The SMILES string of the molecule is COc1ccc2c(c1)cc(C(=O)c1ccc3n[nH]c(C)c3c1)n2S(=O)(=O)c1ccccc1. The van der Waals surface area contributed by atoms with E-state index in [0.29, 0.717) is 22.2 Å². The number of carbonyl (C=O) groups excluding carboxylic acids is 1. The first-order valence-electron chi connectivity index (χ1n) is 9.90. The molecular formula is C24H19N3O4S. The number of methoxy groups -OCH3 is 1. The summed E-state index contributed by atoms with van der Waals surface area (Å²) in [5.41, 5.74) is 2.40. The number of nitrogens with zero attached hydrogens (tertiary/aromatic N) is 2. The standard InChI is InChI=1S/C24H19N3O4S/c1-15-20-13-16(8-10-21(20)26-25-15)24(28)23-14-17-12-18(31-2)9-11-22(17)27(23)32(29,30)19-6-4-3-5-7-19/h3-14H,1-2H3,(H,25,26). The molecule has 0 atom stereocenters. The first-order chi connectivity index (χ1) is 15.4. The molecule has 3 aromatic carbocycles. The highest BCUT2D eigenvalue weighted by Gasteiger charge is 2.27. The maximum atomic E-state index is 13.6. The number of ketones is 1. The van der Waals surface area contributed by atoms with Gasteiger partial charge >= 0.3 is 0 Å². The number of hydrogen-bond donors (Lipinski definition) is 1. The van der Waals surface area contributed by atoms with Gasteiger partial charge in [0.1, 0.15) is 11.4 Å². The number of carbonyl (C=O) groups is 1. The normalized spacial score (nSPS) is 11.8. The van der Waals surface area contributed by atoms with Crippen LogP contribution in [0.2, 0.25) is 0 Å². The van der Waals surface area contributed by atoms with Gasteiger partial charge in [-0.05, 0) is 61.5 Å². The molecule has 5 aromatic rings. The highest BCUT2D eigenvalue weighted by Crippen LogP contribution is 2.30. The van der Waals surface area contributed by atoms with Crippen molar-refractivity contribution in [2.24, 2.45) is 0 Å². The number of rotatable bonds is 5. The molecule has 0 aliphatic heterocycles. The number of ether oxygens (including phenoxy) is 1. The second-order valence-corrected chi connectivity index (χ2v) is 9.23. The number of nitrogens with one attached hydrogen (secondary N) is 1. The molecule has 0 unspecified atom stereocenters. The molecule has 0 bridgehead atoms. The van der Waals surface area contributed by atoms with Crippen LogP contribution in [0, 0.1) is 6.92 Å². The van der Waals surface area contributed by atoms with Crippen LogP contribution in [0.5, 0.6) is 5.75 Å². The van der Waals surface area contributed by atoms with Crippen molar-refractivity contribution in [3.63, 3.8) is 0 Å². The molecule has 2 heterocycles. The number of aromatic nitrogens is 3. The lowest BCUT2D eigenvalue weighted by molar-refractivity contribution is 0.103. The second-order valence-electron chi connectivity index (χ2n) is 7.45.